The summed E-state index contributed by atoms with van der Waals surface area (Å²) in [6.07, 6.45) is 8.06. The predicted octanol–water partition coefficient (Wildman–Crippen LogP) is 4.04. The van der Waals surface area contributed by atoms with Gasteiger partial charge in [-0.05, 0) is 68.7 Å². The molecule has 0 aromatic heterocycles. The van der Waals surface area contributed by atoms with Crippen LogP contribution in [0.25, 0.3) is 0 Å². The molecule has 1 saturated heterocycles. The topological polar surface area (TPSA) is 23.5 Å². The van der Waals surface area contributed by atoms with Crippen LogP contribution >= 0.6 is 0 Å². The molecule has 3 rings (SSSR count). The number of nitrogens with zero attached hydrogens (tertiary/aromatic N) is 1. The zero-order valence-corrected chi connectivity index (χ0v) is 13.4. The van der Waals surface area contributed by atoms with Gasteiger partial charge in [-0.25, -0.2) is 0 Å². The average molecular weight is 287 g/mol. The molecule has 1 unspecified atom stereocenters. The molecule has 1 aliphatic carbocycles. The summed E-state index contributed by atoms with van der Waals surface area (Å²) >= 11 is 0. The minimum Gasteiger partial charge on any atom is -0.385 e. The maximum Gasteiger partial charge on any atom is 0.0912 e. The van der Waals surface area contributed by atoms with Gasteiger partial charge in [-0.2, -0.15) is 0 Å². The summed E-state index contributed by atoms with van der Waals surface area (Å²) in [6, 6.07) is 8.68. The first-order valence-corrected chi connectivity index (χ1v) is 8.77. The maximum atomic E-state index is 11.3. The molecule has 2 aliphatic rings. The Morgan fingerprint density at radius 3 is 2.67 bits per heavy atom. The van der Waals surface area contributed by atoms with E-state index in [2.05, 4.69) is 36.1 Å². The van der Waals surface area contributed by atoms with Crippen molar-refractivity contribution in [3.8, 4) is 0 Å². The lowest BCUT2D eigenvalue weighted by atomic mass is 9.73. The third-order valence-electron chi connectivity index (χ3n) is 5.45. The van der Waals surface area contributed by atoms with Gasteiger partial charge < -0.3 is 10.0 Å². The number of rotatable bonds is 4. The summed E-state index contributed by atoms with van der Waals surface area (Å²) in [4.78, 5) is 2.52. The fourth-order valence-electron chi connectivity index (χ4n) is 3.98. The van der Waals surface area contributed by atoms with Gasteiger partial charge in [-0.3, -0.25) is 0 Å². The van der Waals surface area contributed by atoms with Crippen molar-refractivity contribution < 1.29 is 5.11 Å². The molecular formula is C19H29NO. The molecule has 1 aliphatic heterocycles. The van der Waals surface area contributed by atoms with Crippen LogP contribution in [0.2, 0.25) is 0 Å². The van der Waals surface area contributed by atoms with E-state index in [1.54, 1.807) is 0 Å². The number of likely N-dealkylation sites (tertiary alicyclic amines) is 1. The Bertz CT molecular complexity index is 468. The van der Waals surface area contributed by atoms with E-state index in [1.807, 2.05) is 0 Å². The van der Waals surface area contributed by atoms with Crippen LogP contribution in [0, 0.1) is 0 Å². The quantitative estimate of drug-likeness (QED) is 0.903. The third-order valence-corrected chi connectivity index (χ3v) is 5.45. The highest BCUT2D eigenvalue weighted by molar-refractivity contribution is 5.36. The molecule has 0 spiro atoms. The lowest BCUT2D eigenvalue weighted by Crippen LogP contribution is -2.31. The van der Waals surface area contributed by atoms with E-state index in [0.29, 0.717) is 5.92 Å². The predicted molar refractivity (Wildman–Crippen MR) is 87.5 cm³/mol. The lowest BCUT2D eigenvalue weighted by Gasteiger charge is -2.35. The van der Waals surface area contributed by atoms with Gasteiger partial charge >= 0.3 is 0 Å². The highest BCUT2D eigenvalue weighted by Gasteiger charge is 2.35. The molecule has 2 heteroatoms. The second-order valence-electron chi connectivity index (χ2n) is 6.94. The van der Waals surface area contributed by atoms with Gasteiger partial charge in [0.2, 0.25) is 0 Å². The second kappa shape index (κ2) is 6.50. The number of benzene rings is 1. The van der Waals surface area contributed by atoms with Crippen molar-refractivity contribution in [3.63, 3.8) is 0 Å². The van der Waals surface area contributed by atoms with Gasteiger partial charge in [0.1, 0.15) is 0 Å². The highest BCUT2D eigenvalue weighted by atomic mass is 16.3. The Hall–Kier alpha value is -0.860. The SMILES string of the molecule is CCCN1CCCC(O)(c2ccccc2C2CCC2)CC1. The molecule has 1 aromatic carbocycles. The van der Waals surface area contributed by atoms with E-state index in [1.165, 1.54) is 43.4 Å². The minimum atomic E-state index is -0.603. The Labute approximate surface area is 129 Å². The van der Waals surface area contributed by atoms with Crippen LogP contribution in [0.1, 0.15) is 68.9 Å². The first kappa shape index (κ1) is 15.1. The third kappa shape index (κ3) is 3.17. The number of hydrogen-bond donors (Lipinski definition) is 1. The van der Waals surface area contributed by atoms with Crippen LogP contribution in [0.5, 0.6) is 0 Å². The molecule has 0 bridgehead atoms. The zero-order valence-electron chi connectivity index (χ0n) is 13.4. The van der Waals surface area contributed by atoms with E-state index in [0.717, 1.165) is 32.4 Å². The molecule has 1 N–H and O–H groups in total. The second-order valence-corrected chi connectivity index (χ2v) is 6.94. The van der Waals surface area contributed by atoms with Crippen molar-refractivity contribution in [2.24, 2.45) is 0 Å². The smallest absolute Gasteiger partial charge is 0.0912 e. The summed E-state index contributed by atoms with van der Waals surface area (Å²) in [5, 5.41) is 11.3. The Morgan fingerprint density at radius 1 is 1.14 bits per heavy atom. The van der Waals surface area contributed by atoms with E-state index >= 15 is 0 Å². The van der Waals surface area contributed by atoms with Crippen molar-refractivity contribution in [1.29, 1.82) is 0 Å². The molecule has 21 heavy (non-hydrogen) atoms. The molecule has 1 heterocycles. The summed E-state index contributed by atoms with van der Waals surface area (Å²) in [7, 11) is 0. The Balaban J connectivity index is 1.81. The van der Waals surface area contributed by atoms with Crippen LogP contribution in [0.15, 0.2) is 24.3 Å². The minimum absolute atomic E-state index is 0.603. The lowest BCUT2D eigenvalue weighted by molar-refractivity contribution is 0.0196. The summed E-state index contributed by atoms with van der Waals surface area (Å²) in [5.41, 5.74) is 2.05. The van der Waals surface area contributed by atoms with Gasteiger partial charge in [0.25, 0.3) is 0 Å². The van der Waals surface area contributed by atoms with Crippen molar-refractivity contribution in [3.05, 3.63) is 35.4 Å². The fourth-order valence-corrected chi connectivity index (χ4v) is 3.98. The standard InChI is InChI=1S/C19H29NO/c1-2-13-20-14-6-11-19(21,12-15-20)18-10-4-3-9-17(18)16-7-5-8-16/h3-4,9-10,16,21H,2,5-8,11-15H2,1H3. The van der Waals surface area contributed by atoms with Gasteiger partial charge in [0.15, 0.2) is 0 Å². The van der Waals surface area contributed by atoms with Crippen LogP contribution in [-0.4, -0.2) is 29.6 Å². The fraction of sp³-hybridized carbons (Fsp3) is 0.684. The average Bonchev–Trinajstić information content (AvgIpc) is 2.61. The molecular weight excluding hydrogens is 258 g/mol. The van der Waals surface area contributed by atoms with E-state index in [9.17, 15) is 5.11 Å². The van der Waals surface area contributed by atoms with Gasteiger partial charge in [-0.15, -0.1) is 0 Å². The Kier molecular flexibility index (Phi) is 4.66. The van der Waals surface area contributed by atoms with Crippen molar-refractivity contribution in [2.75, 3.05) is 19.6 Å². The van der Waals surface area contributed by atoms with Crippen LogP contribution in [-0.2, 0) is 5.60 Å². The van der Waals surface area contributed by atoms with Crippen molar-refractivity contribution in [2.45, 2.75) is 63.4 Å². The monoisotopic (exact) mass is 287 g/mol. The normalized spacial score (nSPS) is 28.1. The van der Waals surface area contributed by atoms with Crippen LogP contribution < -0.4 is 0 Å². The molecule has 2 fully saturated rings. The van der Waals surface area contributed by atoms with E-state index in [-0.39, 0.29) is 0 Å². The maximum absolute atomic E-state index is 11.3. The van der Waals surface area contributed by atoms with Crippen molar-refractivity contribution >= 4 is 0 Å². The zero-order chi connectivity index (χ0) is 14.7. The summed E-state index contributed by atoms with van der Waals surface area (Å²) in [5.74, 6) is 0.695. The molecule has 1 aromatic rings. The molecule has 0 amide bonds. The van der Waals surface area contributed by atoms with E-state index < -0.39 is 5.60 Å². The number of aliphatic hydroxyl groups is 1. The van der Waals surface area contributed by atoms with Gasteiger partial charge in [0.05, 0.1) is 5.60 Å². The molecule has 116 valence electrons. The van der Waals surface area contributed by atoms with Crippen LogP contribution in [0.3, 0.4) is 0 Å². The number of hydrogen-bond acceptors (Lipinski definition) is 2. The molecule has 1 saturated carbocycles. The first-order valence-electron chi connectivity index (χ1n) is 8.77. The van der Waals surface area contributed by atoms with Gasteiger partial charge in [-0.1, -0.05) is 37.6 Å². The molecule has 0 radical (unpaired) electrons. The molecule has 2 nitrogen and oxygen atoms in total. The molecule has 1 atom stereocenters. The van der Waals surface area contributed by atoms with Crippen molar-refractivity contribution in [1.82, 2.24) is 4.90 Å². The Morgan fingerprint density at radius 2 is 1.95 bits per heavy atom. The van der Waals surface area contributed by atoms with Crippen LogP contribution in [0.4, 0.5) is 0 Å². The highest BCUT2D eigenvalue weighted by Crippen LogP contribution is 2.43. The van der Waals surface area contributed by atoms with E-state index in [4.69, 9.17) is 0 Å². The largest absolute Gasteiger partial charge is 0.385 e. The summed E-state index contributed by atoms with van der Waals surface area (Å²) in [6.45, 7) is 5.58. The summed E-state index contributed by atoms with van der Waals surface area (Å²) < 4.78 is 0. The first-order chi connectivity index (χ1) is 10.2. The van der Waals surface area contributed by atoms with Gasteiger partial charge in [0, 0.05) is 6.54 Å².